The molecule has 14 heavy (non-hydrogen) atoms. The fourth-order valence-corrected chi connectivity index (χ4v) is 1.43. The second kappa shape index (κ2) is 9.41. The highest BCUT2D eigenvalue weighted by Gasteiger charge is 2.15. The van der Waals surface area contributed by atoms with Gasteiger partial charge in [-0.3, -0.25) is 0 Å². The summed E-state index contributed by atoms with van der Waals surface area (Å²) in [6.07, 6.45) is 4.59. The minimum Gasteiger partial charge on any atom is -0.394 e. The second-order valence-corrected chi connectivity index (χ2v) is 3.82. The first-order chi connectivity index (χ1) is 6.72. The molecule has 0 saturated heterocycles. The molecule has 0 aliphatic carbocycles. The van der Waals surface area contributed by atoms with Crippen molar-refractivity contribution in [2.75, 3.05) is 6.61 Å². The molecular formula is C11H23FO2. The number of alkyl halides is 1. The largest absolute Gasteiger partial charge is 0.394 e. The van der Waals surface area contributed by atoms with Crippen molar-refractivity contribution in [2.24, 2.45) is 0 Å². The molecule has 0 rings (SSSR count). The summed E-state index contributed by atoms with van der Waals surface area (Å²) in [5.41, 5.74) is 0. The Labute approximate surface area is 86.1 Å². The second-order valence-electron chi connectivity index (χ2n) is 3.82. The molecular weight excluding hydrogens is 183 g/mol. The predicted molar refractivity (Wildman–Crippen MR) is 56.0 cm³/mol. The lowest BCUT2D eigenvalue weighted by Crippen LogP contribution is -2.25. The fraction of sp³-hybridized carbons (Fsp3) is 1.00. The first-order valence-electron chi connectivity index (χ1n) is 5.65. The maximum atomic E-state index is 13.0. The smallest absolute Gasteiger partial charge is 0.128 e. The van der Waals surface area contributed by atoms with Crippen LogP contribution in [0.2, 0.25) is 0 Å². The zero-order valence-corrected chi connectivity index (χ0v) is 9.08. The molecule has 2 N–H and O–H groups in total. The number of unbranched alkanes of at least 4 members (excludes halogenated alkanes) is 5. The molecule has 0 aliphatic rings. The van der Waals surface area contributed by atoms with Crippen LogP contribution in [0.3, 0.4) is 0 Å². The Morgan fingerprint density at radius 2 is 1.64 bits per heavy atom. The van der Waals surface area contributed by atoms with Crippen LogP contribution in [0.4, 0.5) is 4.39 Å². The molecule has 0 saturated carbocycles. The van der Waals surface area contributed by atoms with Gasteiger partial charge in [-0.2, -0.15) is 0 Å². The van der Waals surface area contributed by atoms with E-state index >= 15 is 0 Å². The van der Waals surface area contributed by atoms with Crippen molar-refractivity contribution in [3.63, 3.8) is 0 Å². The molecule has 0 aromatic carbocycles. The highest BCUT2D eigenvalue weighted by Crippen LogP contribution is 2.12. The summed E-state index contributed by atoms with van der Waals surface area (Å²) < 4.78 is 13.0. The van der Waals surface area contributed by atoms with E-state index in [-0.39, 0.29) is 0 Å². The molecule has 0 heterocycles. The van der Waals surface area contributed by atoms with E-state index < -0.39 is 18.9 Å². The summed E-state index contributed by atoms with van der Waals surface area (Å²) in [7, 11) is 0. The van der Waals surface area contributed by atoms with E-state index in [1.807, 2.05) is 0 Å². The molecule has 2 unspecified atom stereocenters. The number of rotatable bonds is 9. The van der Waals surface area contributed by atoms with Crippen LogP contribution in [0, 0.1) is 0 Å². The van der Waals surface area contributed by atoms with Gasteiger partial charge >= 0.3 is 0 Å². The van der Waals surface area contributed by atoms with Crippen molar-refractivity contribution in [3.8, 4) is 0 Å². The quantitative estimate of drug-likeness (QED) is 0.569. The first kappa shape index (κ1) is 13.8. The lowest BCUT2D eigenvalue weighted by atomic mass is 10.1. The summed E-state index contributed by atoms with van der Waals surface area (Å²) in [4.78, 5) is 0. The third kappa shape index (κ3) is 7.27. The van der Waals surface area contributed by atoms with E-state index in [1.165, 1.54) is 19.3 Å². The van der Waals surface area contributed by atoms with E-state index in [0.29, 0.717) is 6.42 Å². The molecule has 0 radical (unpaired) electrons. The summed E-state index contributed by atoms with van der Waals surface area (Å²) in [5.74, 6) is 0. The van der Waals surface area contributed by atoms with Crippen molar-refractivity contribution in [2.45, 2.75) is 64.1 Å². The van der Waals surface area contributed by atoms with E-state index in [9.17, 15) is 4.39 Å². The lowest BCUT2D eigenvalue weighted by molar-refractivity contribution is 0.0242. The van der Waals surface area contributed by atoms with Crippen LogP contribution in [0.25, 0.3) is 0 Å². The van der Waals surface area contributed by atoms with Crippen LogP contribution in [0.5, 0.6) is 0 Å². The van der Waals surface area contributed by atoms with E-state index in [4.69, 9.17) is 10.2 Å². The zero-order valence-electron chi connectivity index (χ0n) is 9.08. The van der Waals surface area contributed by atoms with Gasteiger partial charge in [0.25, 0.3) is 0 Å². The van der Waals surface area contributed by atoms with Crippen molar-refractivity contribution in [3.05, 3.63) is 0 Å². The Balaban J connectivity index is 3.18. The number of halogens is 1. The van der Waals surface area contributed by atoms with Crippen LogP contribution in [-0.2, 0) is 0 Å². The SMILES string of the molecule is CCCCCCCCC(F)C(O)CO. The average molecular weight is 206 g/mol. The Hall–Kier alpha value is -0.150. The molecule has 2 atom stereocenters. The maximum absolute atomic E-state index is 13.0. The molecule has 0 aliphatic heterocycles. The van der Waals surface area contributed by atoms with Crippen molar-refractivity contribution in [1.29, 1.82) is 0 Å². The standard InChI is InChI=1S/C11H23FO2/c1-2-3-4-5-6-7-8-10(12)11(14)9-13/h10-11,13-14H,2-9H2,1H3. The number of aliphatic hydroxyl groups is 2. The van der Waals surface area contributed by atoms with Crippen LogP contribution < -0.4 is 0 Å². The Morgan fingerprint density at radius 1 is 1.07 bits per heavy atom. The van der Waals surface area contributed by atoms with E-state index in [0.717, 1.165) is 19.3 Å². The minimum absolute atomic E-state index is 0.369. The number of hydrogen-bond donors (Lipinski definition) is 2. The normalized spacial score (nSPS) is 15.4. The van der Waals surface area contributed by atoms with Gasteiger partial charge in [-0.25, -0.2) is 4.39 Å². The highest BCUT2D eigenvalue weighted by atomic mass is 19.1. The zero-order chi connectivity index (χ0) is 10.8. The van der Waals surface area contributed by atoms with Gasteiger partial charge in [0.2, 0.25) is 0 Å². The molecule has 0 fully saturated rings. The van der Waals surface area contributed by atoms with Gasteiger partial charge in [0, 0.05) is 0 Å². The highest BCUT2D eigenvalue weighted by molar-refractivity contribution is 4.66. The minimum atomic E-state index is -1.26. The van der Waals surface area contributed by atoms with Gasteiger partial charge in [-0.15, -0.1) is 0 Å². The van der Waals surface area contributed by atoms with Gasteiger partial charge in [-0.1, -0.05) is 45.4 Å². The summed E-state index contributed by atoms with van der Waals surface area (Å²) in [6, 6.07) is 0. The third-order valence-corrected chi connectivity index (χ3v) is 2.44. The summed E-state index contributed by atoms with van der Waals surface area (Å²) in [6.45, 7) is 1.69. The third-order valence-electron chi connectivity index (χ3n) is 2.44. The Morgan fingerprint density at radius 3 is 2.21 bits per heavy atom. The molecule has 0 aromatic heterocycles. The molecule has 3 heteroatoms. The topological polar surface area (TPSA) is 40.5 Å². The van der Waals surface area contributed by atoms with Crippen molar-refractivity contribution < 1.29 is 14.6 Å². The fourth-order valence-electron chi connectivity index (χ4n) is 1.43. The van der Waals surface area contributed by atoms with E-state index in [1.54, 1.807) is 0 Å². The van der Waals surface area contributed by atoms with Gasteiger partial charge in [0.15, 0.2) is 0 Å². The van der Waals surface area contributed by atoms with Gasteiger partial charge in [-0.05, 0) is 6.42 Å². The van der Waals surface area contributed by atoms with Crippen LogP contribution >= 0.6 is 0 Å². The Bertz CT molecular complexity index is 120. The summed E-state index contributed by atoms with van der Waals surface area (Å²) in [5, 5.41) is 17.4. The van der Waals surface area contributed by atoms with Crippen LogP contribution in [0.1, 0.15) is 51.9 Å². The molecule has 0 bridgehead atoms. The summed E-state index contributed by atoms with van der Waals surface area (Å²) >= 11 is 0. The Kier molecular flexibility index (Phi) is 9.31. The number of hydrogen-bond acceptors (Lipinski definition) is 2. The lowest BCUT2D eigenvalue weighted by Gasteiger charge is -2.12. The monoisotopic (exact) mass is 206 g/mol. The van der Waals surface area contributed by atoms with Gasteiger partial charge in [0.05, 0.1) is 6.61 Å². The van der Waals surface area contributed by atoms with Gasteiger partial charge in [0.1, 0.15) is 12.3 Å². The predicted octanol–water partition coefficient (Wildman–Crippen LogP) is 2.43. The molecule has 86 valence electrons. The van der Waals surface area contributed by atoms with Crippen LogP contribution in [0.15, 0.2) is 0 Å². The van der Waals surface area contributed by atoms with Crippen molar-refractivity contribution >= 4 is 0 Å². The molecule has 0 aromatic rings. The van der Waals surface area contributed by atoms with Crippen molar-refractivity contribution in [1.82, 2.24) is 0 Å². The van der Waals surface area contributed by atoms with Gasteiger partial charge < -0.3 is 10.2 Å². The molecule has 2 nitrogen and oxygen atoms in total. The van der Waals surface area contributed by atoms with Crippen LogP contribution in [-0.4, -0.2) is 29.1 Å². The molecule has 0 spiro atoms. The molecule has 0 amide bonds. The number of aliphatic hydroxyl groups excluding tert-OH is 2. The van der Waals surface area contributed by atoms with E-state index in [2.05, 4.69) is 6.92 Å². The average Bonchev–Trinajstić information content (AvgIpc) is 2.21. The first-order valence-corrected chi connectivity index (χ1v) is 5.65. The maximum Gasteiger partial charge on any atom is 0.128 e.